The summed E-state index contributed by atoms with van der Waals surface area (Å²) in [5.41, 5.74) is 0. The highest BCUT2D eigenvalue weighted by Crippen LogP contribution is 2.25. The predicted molar refractivity (Wildman–Crippen MR) is 60.5 cm³/mol. The van der Waals surface area contributed by atoms with E-state index >= 15 is 0 Å². The van der Waals surface area contributed by atoms with Gasteiger partial charge >= 0.3 is 5.97 Å². The quantitative estimate of drug-likeness (QED) is 0.779. The predicted octanol–water partition coefficient (Wildman–Crippen LogP) is 0.877. The van der Waals surface area contributed by atoms with Gasteiger partial charge in [0.25, 0.3) is 5.91 Å². The molecule has 5 heteroatoms. The molecule has 2 rings (SSSR count). The molecule has 2 saturated heterocycles. The summed E-state index contributed by atoms with van der Waals surface area (Å²) < 4.78 is 5.38. The molecular weight excluding hydrogens is 222 g/mol. The van der Waals surface area contributed by atoms with Crippen LogP contribution in [-0.4, -0.2) is 47.2 Å². The molecule has 0 spiro atoms. The number of carboxylic acid groups (broad SMARTS) is 1. The minimum absolute atomic E-state index is 0.00144. The molecule has 1 amide bonds. The number of hydrogen-bond donors (Lipinski definition) is 1. The van der Waals surface area contributed by atoms with Crippen LogP contribution in [0.25, 0.3) is 0 Å². The summed E-state index contributed by atoms with van der Waals surface area (Å²) in [6.07, 6.45) is 2.55. The fraction of sp³-hybridized carbons (Fsp3) is 0.833. The molecule has 2 heterocycles. The second-order valence-electron chi connectivity index (χ2n) is 4.94. The van der Waals surface area contributed by atoms with Crippen molar-refractivity contribution in [3.63, 3.8) is 0 Å². The van der Waals surface area contributed by atoms with E-state index in [9.17, 15) is 9.59 Å². The first kappa shape index (κ1) is 12.4. The Labute approximate surface area is 101 Å². The smallest absolute Gasteiger partial charge is 0.306 e. The van der Waals surface area contributed by atoms with Gasteiger partial charge in [-0.25, -0.2) is 0 Å². The lowest BCUT2D eigenvalue weighted by molar-refractivity contribution is -0.151. The highest BCUT2D eigenvalue weighted by molar-refractivity contribution is 5.82. The van der Waals surface area contributed by atoms with E-state index < -0.39 is 5.97 Å². The van der Waals surface area contributed by atoms with Crippen molar-refractivity contribution in [1.82, 2.24) is 4.90 Å². The Morgan fingerprint density at radius 2 is 2.12 bits per heavy atom. The van der Waals surface area contributed by atoms with Crippen molar-refractivity contribution in [2.24, 2.45) is 5.92 Å². The maximum atomic E-state index is 12.1. The fourth-order valence-electron chi connectivity index (χ4n) is 2.68. The maximum absolute atomic E-state index is 12.1. The molecule has 5 nitrogen and oxygen atoms in total. The molecule has 0 saturated carbocycles. The first-order valence-corrected chi connectivity index (χ1v) is 6.24. The Morgan fingerprint density at radius 1 is 1.35 bits per heavy atom. The summed E-state index contributed by atoms with van der Waals surface area (Å²) in [6, 6.07) is 0.00144. The van der Waals surface area contributed by atoms with Crippen molar-refractivity contribution in [1.29, 1.82) is 0 Å². The summed E-state index contributed by atoms with van der Waals surface area (Å²) in [5, 5.41) is 8.96. The third-order valence-corrected chi connectivity index (χ3v) is 3.71. The number of likely N-dealkylation sites (tertiary alicyclic amines) is 1. The van der Waals surface area contributed by atoms with E-state index in [4.69, 9.17) is 9.84 Å². The molecule has 2 aliphatic rings. The van der Waals surface area contributed by atoms with Crippen LogP contribution in [0.4, 0.5) is 0 Å². The number of carboxylic acids is 1. The summed E-state index contributed by atoms with van der Waals surface area (Å²) >= 11 is 0. The molecule has 2 aliphatic heterocycles. The average Bonchev–Trinajstić information content (AvgIpc) is 2.81. The lowest BCUT2D eigenvalue weighted by Gasteiger charge is -2.37. The van der Waals surface area contributed by atoms with Crippen LogP contribution in [0.2, 0.25) is 0 Å². The van der Waals surface area contributed by atoms with Crippen LogP contribution in [-0.2, 0) is 14.3 Å². The molecular formula is C12H19NO4. The molecule has 0 radical (unpaired) electrons. The molecule has 96 valence electrons. The van der Waals surface area contributed by atoms with Gasteiger partial charge in [-0.2, -0.15) is 0 Å². The maximum Gasteiger partial charge on any atom is 0.306 e. The molecule has 2 unspecified atom stereocenters. The normalized spacial score (nSPS) is 33.7. The van der Waals surface area contributed by atoms with Crippen molar-refractivity contribution in [3.8, 4) is 0 Å². The van der Waals surface area contributed by atoms with Crippen LogP contribution in [0, 0.1) is 5.92 Å². The first-order chi connectivity index (χ1) is 8.09. The molecule has 0 aromatic carbocycles. The molecule has 2 fully saturated rings. The minimum atomic E-state index is -0.749. The van der Waals surface area contributed by atoms with Crippen molar-refractivity contribution in [3.05, 3.63) is 0 Å². The number of carbonyl (C=O) groups excluding carboxylic acids is 1. The Morgan fingerprint density at radius 3 is 2.65 bits per heavy atom. The van der Waals surface area contributed by atoms with Gasteiger partial charge in [0.05, 0.1) is 5.92 Å². The SMILES string of the molecule is CC1CC(C(=O)O)CCN1C(=O)[C@H]1CCCO1. The molecule has 0 bridgehead atoms. The lowest BCUT2D eigenvalue weighted by atomic mass is 9.91. The number of aliphatic carboxylic acids is 1. The van der Waals surface area contributed by atoms with Gasteiger partial charge in [-0.15, -0.1) is 0 Å². The molecule has 17 heavy (non-hydrogen) atoms. The van der Waals surface area contributed by atoms with Gasteiger partial charge in [0.2, 0.25) is 0 Å². The number of piperidine rings is 1. The molecule has 0 aromatic rings. The summed E-state index contributed by atoms with van der Waals surface area (Å²) in [4.78, 5) is 24.8. The third kappa shape index (κ3) is 2.60. The number of ether oxygens (including phenoxy) is 1. The van der Waals surface area contributed by atoms with E-state index in [0.717, 1.165) is 12.8 Å². The van der Waals surface area contributed by atoms with Crippen LogP contribution in [0.3, 0.4) is 0 Å². The van der Waals surface area contributed by atoms with Crippen LogP contribution >= 0.6 is 0 Å². The van der Waals surface area contributed by atoms with E-state index in [2.05, 4.69) is 0 Å². The number of carbonyl (C=O) groups is 2. The van der Waals surface area contributed by atoms with Crippen LogP contribution in [0.1, 0.15) is 32.6 Å². The molecule has 0 aromatic heterocycles. The van der Waals surface area contributed by atoms with E-state index in [1.54, 1.807) is 4.90 Å². The summed E-state index contributed by atoms with van der Waals surface area (Å²) in [6.45, 7) is 3.12. The Bertz CT molecular complexity index is 312. The van der Waals surface area contributed by atoms with E-state index in [0.29, 0.717) is 26.0 Å². The first-order valence-electron chi connectivity index (χ1n) is 6.24. The van der Waals surface area contributed by atoms with Crippen LogP contribution in [0.15, 0.2) is 0 Å². The fourth-order valence-corrected chi connectivity index (χ4v) is 2.68. The number of amides is 1. The minimum Gasteiger partial charge on any atom is -0.481 e. The van der Waals surface area contributed by atoms with Gasteiger partial charge in [0.1, 0.15) is 6.10 Å². The molecule has 1 N–H and O–H groups in total. The molecule has 3 atom stereocenters. The topological polar surface area (TPSA) is 66.8 Å². The lowest BCUT2D eigenvalue weighted by Crippen LogP contribution is -2.49. The van der Waals surface area contributed by atoms with E-state index in [-0.39, 0.29) is 24.0 Å². The van der Waals surface area contributed by atoms with Gasteiger partial charge in [0.15, 0.2) is 0 Å². The van der Waals surface area contributed by atoms with Crippen molar-refractivity contribution in [2.45, 2.75) is 44.8 Å². The van der Waals surface area contributed by atoms with Gasteiger partial charge in [-0.1, -0.05) is 0 Å². The van der Waals surface area contributed by atoms with Gasteiger partial charge in [-0.3, -0.25) is 9.59 Å². The van der Waals surface area contributed by atoms with Gasteiger partial charge < -0.3 is 14.7 Å². The second-order valence-corrected chi connectivity index (χ2v) is 4.94. The summed E-state index contributed by atoms with van der Waals surface area (Å²) in [5.74, 6) is -1.02. The second kappa shape index (κ2) is 5.04. The Hall–Kier alpha value is -1.10. The number of rotatable bonds is 2. The van der Waals surface area contributed by atoms with Crippen LogP contribution in [0.5, 0.6) is 0 Å². The zero-order valence-corrected chi connectivity index (χ0v) is 10.1. The average molecular weight is 241 g/mol. The summed E-state index contributed by atoms with van der Waals surface area (Å²) in [7, 11) is 0. The van der Waals surface area contributed by atoms with Crippen LogP contribution < -0.4 is 0 Å². The van der Waals surface area contributed by atoms with Gasteiger partial charge in [0, 0.05) is 19.2 Å². The molecule has 0 aliphatic carbocycles. The van der Waals surface area contributed by atoms with Crippen molar-refractivity contribution < 1.29 is 19.4 Å². The highest BCUT2D eigenvalue weighted by atomic mass is 16.5. The zero-order valence-electron chi connectivity index (χ0n) is 10.1. The number of nitrogens with zero attached hydrogens (tertiary/aromatic N) is 1. The Kier molecular flexibility index (Phi) is 3.66. The van der Waals surface area contributed by atoms with E-state index in [1.807, 2.05) is 6.92 Å². The standard InChI is InChI=1S/C12H19NO4/c1-8-7-9(12(15)16)4-5-13(8)11(14)10-3-2-6-17-10/h8-10H,2-7H2,1H3,(H,15,16)/t8?,9?,10-/m1/s1. The van der Waals surface area contributed by atoms with Crippen molar-refractivity contribution >= 4 is 11.9 Å². The Balaban J connectivity index is 1.94. The third-order valence-electron chi connectivity index (χ3n) is 3.71. The monoisotopic (exact) mass is 241 g/mol. The van der Waals surface area contributed by atoms with E-state index in [1.165, 1.54) is 0 Å². The van der Waals surface area contributed by atoms with Crippen molar-refractivity contribution in [2.75, 3.05) is 13.2 Å². The largest absolute Gasteiger partial charge is 0.481 e. The highest BCUT2D eigenvalue weighted by Gasteiger charge is 2.36. The van der Waals surface area contributed by atoms with Gasteiger partial charge in [-0.05, 0) is 32.6 Å². The zero-order chi connectivity index (χ0) is 12.4. The number of hydrogen-bond acceptors (Lipinski definition) is 3.